The minimum absolute atomic E-state index is 0.0210. The lowest BCUT2D eigenvalue weighted by Crippen LogP contribution is -2.23. The van der Waals surface area contributed by atoms with Crippen LogP contribution in [-0.2, 0) is 20.2 Å². The molecule has 2 atom stereocenters. The summed E-state index contributed by atoms with van der Waals surface area (Å²) in [4.78, 5) is 45.2. The van der Waals surface area contributed by atoms with E-state index in [0.29, 0.717) is 11.1 Å². The average molecular weight is 743 g/mol. The lowest BCUT2D eigenvalue weighted by molar-refractivity contribution is 0.0994. The number of urea groups is 1. The maximum Gasteiger partial charge on any atom is 0.323 e. The van der Waals surface area contributed by atoms with Gasteiger partial charge in [0.05, 0.1) is 23.6 Å². The molecule has 6 N–H and O–H groups in total. The first-order chi connectivity index (χ1) is 24.6. The Morgan fingerprint density at radius 2 is 0.885 bits per heavy atom. The van der Waals surface area contributed by atoms with Gasteiger partial charge in [-0.15, -0.1) is 0 Å². The molecule has 15 nitrogen and oxygen atoms in total. The molecule has 17 heteroatoms. The number of carbonyl (C=O) groups is 3. The zero-order valence-corrected chi connectivity index (χ0v) is 28.0. The molecule has 4 amide bonds. The van der Waals surface area contributed by atoms with Gasteiger partial charge in [-0.2, -0.15) is 16.8 Å². The monoisotopic (exact) mass is 742 g/mol. The predicted molar refractivity (Wildman–Crippen MR) is 189 cm³/mol. The summed E-state index contributed by atoms with van der Waals surface area (Å²) in [6, 6.07) is 22.5. The van der Waals surface area contributed by atoms with Gasteiger partial charge in [0.15, 0.2) is 0 Å². The standard InChI is InChI=1S/C35H26N4O11S2/c40-27-17-29(51(45,46)47)31(25-7-3-1-5-23(25)27)38-33(42)19-9-13-21(14-10-19)36-35(44)37-22-15-11-20(12-16-22)34(43)39-32-26-8-4-2-6-24(26)28(41)18-30(32)52(48,49)50/h1-18,27-28,40-41H,(H2,36,37,44)(H,45,46,47)(H,48,49,50). The van der Waals surface area contributed by atoms with Gasteiger partial charge >= 0.3 is 6.03 Å². The number of rotatable bonds is 6. The van der Waals surface area contributed by atoms with Crippen LogP contribution in [-0.4, -0.2) is 65.4 Å². The Morgan fingerprint density at radius 1 is 0.538 bits per heavy atom. The van der Waals surface area contributed by atoms with Crippen molar-refractivity contribution in [2.24, 2.45) is 9.98 Å². The van der Waals surface area contributed by atoms with Gasteiger partial charge in [0.1, 0.15) is 9.81 Å². The fraction of sp³-hybridized carbons (Fsp3) is 0.0571. The van der Waals surface area contributed by atoms with E-state index in [9.17, 15) is 50.5 Å². The molecule has 0 bridgehead atoms. The number of aliphatic hydroxyl groups is 2. The fourth-order valence-corrected chi connectivity index (χ4v) is 6.90. The minimum atomic E-state index is -4.85. The SMILES string of the molecule is O=C(Nc1ccc(C(=O)N=C2C(S(=O)(=O)O)=CC(O)c3ccccc32)cc1)Nc1ccc(C(=O)N=C2C(S(=O)(=O)O)=CC(O)c3ccccc32)cc1. The number of aliphatic hydroxyl groups excluding tert-OH is 2. The normalized spacial score (nSPS) is 18.5. The van der Waals surface area contributed by atoms with E-state index < -0.39 is 60.1 Å². The highest BCUT2D eigenvalue weighted by Gasteiger charge is 2.33. The Kier molecular flexibility index (Phi) is 9.65. The summed E-state index contributed by atoms with van der Waals surface area (Å²) in [5.74, 6) is -1.72. The molecule has 2 aliphatic rings. The van der Waals surface area contributed by atoms with Crippen molar-refractivity contribution in [3.63, 3.8) is 0 Å². The molecule has 4 aromatic rings. The first kappa shape index (κ1) is 35.9. The fourth-order valence-electron chi connectivity index (χ4n) is 5.50. The number of carbonyl (C=O) groups excluding carboxylic acids is 3. The number of amides is 4. The van der Waals surface area contributed by atoms with Gasteiger partial charge in [0.25, 0.3) is 32.1 Å². The van der Waals surface area contributed by atoms with E-state index in [1.807, 2.05) is 0 Å². The third-order valence-electron chi connectivity index (χ3n) is 7.92. The molecule has 264 valence electrons. The van der Waals surface area contributed by atoms with Gasteiger partial charge in [0.2, 0.25) is 0 Å². The van der Waals surface area contributed by atoms with Gasteiger partial charge in [-0.3, -0.25) is 18.7 Å². The van der Waals surface area contributed by atoms with Gasteiger partial charge in [0, 0.05) is 33.6 Å². The van der Waals surface area contributed by atoms with E-state index in [1.54, 1.807) is 24.3 Å². The molecule has 0 heterocycles. The molecular weight excluding hydrogens is 717 g/mol. The Morgan fingerprint density at radius 3 is 1.23 bits per heavy atom. The summed E-state index contributed by atoms with van der Waals surface area (Å²) in [5, 5.41) is 25.8. The predicted octanol–water partition coefficient (Wildman–Crippen LogP) is 4.23. The van der Waals surface area contributed by atoms with Crippen LogP contribution in [0.4, 0.5) is 16.2 Å². The van der Waals surface area contributed by atoms with Crippen molar-refractivity contribution in [2.45, 2.75) is 12.2 Å². The molecule has 0 radical (unpaired) electrons. The quantitative estimate of drug-likeness (QED) is 0.153. The molecule has 2 unspecified atom stereocenters. The summed E-state index contributed by atoms with van der Waals surface area (Å²) in [6.07, 6.45) is -0.925. The second-order valence-electron chi connectivity index (χ2n) is 11.3. The molecule has 0 saturated carbocycles. The third kappa shape index (κ3) is 7.54. The lowest BCUT2D eigenvalue weighted by atomic mass is 9.93. The Bertz CT molecular complexity index is 2320. The van der Waals surface area contributed by atoms with Gasteiger partial charge in [-0.05, 0) is 71.8 Å². The largest absolute Gasteiger partial charge is 0.384 e. The molecule has 4 aromatic carbocycles. The molecule has 52 heavy (non-hydrogen) atoms. The van der Waals surface area contributed by atoms with Gasteiger partial charge in [-0.1, -0.05) is 48.5 Å². The van der Waals surface area contributed by atoms with Crippen molar-refractivity contribution < 1.29 is 50.5 Å². The highest BCUT2D eigenvalue weighted by Crippen LogP contribution is 2.33. The topological polar surface area (TPSA) is 249 Å². The van der Waals surface area contributed by atoms with E-state index in [1.165, 1.54) is 72.8 Å². The molecule has 0 aliphatic heterocycles. The Balaban J connectivity index is 1.13. The molecule has 2 aliphatic carbocycles. The maximum absolute atomic E-state index is 13.0. The Hall–Kier alpha value is -5.95. The first-order valence-electron chi connectivity index (χ1n) is 15.1. The highest BCUT2D eigenvalue weighted by atomic mass is 32.2. The van der Waals surface area contributed by atoms with E-state index >= 15 is 0 Å². The summed E-state index contributed by atoms with van der Waals surface area (Å²) < 4.78 is 67.6. The molecule has 0 fully saturated rings. The van der Waals surface area contributed by atoms with Crippen molar-refractivity contribution >= 4 is 60.9 Å². The Labute approximate surface area is 295 Å². The molecule has 0 spiro atoms. The van der Waals surface area contributed by atoms with E-state index in [4.69, 9.17) is 0 Å². The first-order valence-corrected chi connectivity index (χ1v) is 18.0. The van der Waals surface area contributed by atoms with Crippen molar-refractivity contribution in [1.82, 2.24) is 0 Å². The summed E-state index contributed by atoms with van der Waals surface area (Å²) in [5.41, 5.74) is 0.770. The van der Waals surface area contributed by atoms with Crippen molar-refractivity contribution in [1.29, 1.82) is 0 Å². The number of hydrogen-bond donors (Lipinski definition) is 6. The summed E-state index contributed by atoms with van der Waals surface area (Å²) in [6.45, 7) is 0. The minimum Gasteiger partial charge on any atom is -0.384 e. The number of anilines is 2. The van der Waals surface area contributed by atoms with Gasteiger partial charge < -0.3 is 20.8 Å². The van der Waals surface area contributed by atoms with Crippen LogP contribution >= 0.6 is 0 Å². The van der Waals surface area contributed by atoms with Crippen LogP contribution in [0.1, 0.15) is 55.2 Å². The van der Waals surface area contributed by atoms with Crippen LogP contribution in [0.3, 0.4) is 0 Å². The number of aliphatic imine (C=N–C) groups is 2. The average Bonchev–Trinajstić information content (AvgIpc) is 3.10. The van der Waals surface area contributed by atoms with Crippen LogP contribution in [0.25, 0.3) is 0 Å². The summed E-state index contributed by atoms with van der Waals surface area (Å²) >= 11 is 0. The zero-order chi connectivity index (χ0) is 37.4. The number of nitrogens with one attached hydrogen (secondary N) is 2. The van der Waals surface area contributed by atoms with Crippen molar-refractivity contribution in [3.05, 3.63) is 152 Å². The molecular formula is C35H26N4O11S2. The number of fused-ring (bicyclic) bond motifs is 2. The van der Waals surface area contributed by atoms with Crippen LogP contribution in [0.2, 0.25) is 0 Å². The number of hydrogen-bond acceptors (Lipinski definition) is 9. The summed E-state index contributed by atoms with van der Waals surface area (Å²) in [7, 11) is -9.70. The van der Waals surface area contributed by atoms with Crippen LogP contribution in [0.5, 0.6) is 0 Å². The number of allylic oxidation sites excluding steroid dienone is 2. The van der Waals surface area contributed by atoms with E-state index in [2.05, 4.69) is 20.6 Å². The molecule has 0 aromatic heterocycles. The van der Waals surface area contributed by atoms with Crippen molar-refractivity contribution in [2.75, 3.05) is 10.6 Å². The van der Waals surface area contributed by atoms with Crippen LogP contribution < -0.4 is 10.6 Å². The highest BCUT2D eigenvalue weighted by molar-refractivity contribution is 7.91. The molecule has 0 saturated heterocycles. The van der Waals surface area contributed by atoms with E-state index in [-0.39, 0.29) is 45.1 Å². The smallest absolute Gasteiger partial charge is 0.323 e. The van der Waals surface area contributed by atoms with E-state index in [0.717, 1.165) is 12.2 Å². The third-order valence-corrected chi connectivity index (χ3v) is 9.69. The van der Waals surface area contributed by atoms with Crippen LogP contribution in [0, 0.1) is 0 Å². The number of benzene rings is 4. The second-order valence-corrected chi connectivity index (χ2v) is 14.1. The van der Waals surface area contributed by atoms with Gasteiger partial charge in [-0.25, -0.2) is 14.8 Å². The molecule has 6 rings (SSSR count). The zero-order valence-electron chi connectivity index (χ0n) is 26.4. The van der Waals surface area contributed by atoms with Crippen molar-refractivity contribution in [3.8, 4) is 0 Å². The second kappa shape index (κ2) is 14.0. The number of nitrogens with zero attached hydrogens (tertiary/aromatic N) is 2. The maximum atomic E-state index is 13.0. The lowest BCUT2D eigenvalue weighted by Gasteiger charge is -2.21. The van der Waals surface area contributed by atoms with Crippen LogP contribution in [0.15, 0.2) is 129 Å².